The Labute approximate surface area is 79.3 Å². The number of nitrogens with zero attached hydrogens (tertiary/aromatic N) is 1. The minimum absolute atomic E-state index is 0.0949. The number of rotatable bonds is 1. The van der Waals surface area contributed by atoms with Crippen LogP contribution in [0.3, 0.4) is 0 Å². The van der Waals surface area contributed by atoms with Gasteiger partial charge in [0.1, 0.15) is 0 Å². The monoisotopic (exact) mass is 201 g/mol. The first kappa shape index (κ1) is 9.21. The first-order valence-corrected chi connectivity index (χ1v) is 6.28. The molecule has 0 radical (unpaired) electrons. The maximum atomic E-state index is 11.5. The molecule has 1 saturated heterocycles. The van der Waals surface area contributed by atoms with Crippen molar-refractivity contribution in [3.63, 3.8) is 0 Å². The Hall–Kier alpha value is -0.350. The van der Waals surface area contributed by atoms with Gasteiger partial charge in [0.25, 0.3) is 0 Å². The van der Waals surface area contributed by atoms with E-state index < -0.39 is 9.84 Å². The molecule has 3 unspecified atom stereocenters. The second kappa shape index (κ2) is 2.82. The molecule has 1 aliphatic carbocycles. The van der Waals surface area contributed by atoms with Gasteiger partial charge in [0.2, 0.25) is 0 Å². The summed E-state index contributed by atoms with van der Waals surface area (Å²) in [5, 5.41) is -0.132. The van der Waals surface area contributed by atoms with E-state index in [-0.39, 0.29) is 11.3 Å². The molecule has 1 aliphatic heterocycles. The zero-order valence-corrected chi connectivity index (χ0v) is 8.79. The van der Waals surface area contributed by atoms with Crippen LogP contribution in [0.2, 0.25) is 0 Å². The first-order chi connectivity index (χ1) is 6.02. The predicted octanol–water partition coefficient (Wildman–Crippen LogP) is 0.290. The zero-order valence-electron chi connectivity index (χ0n) is 7.97. The quantitative estimate of drug-likeness (QED) is 0.572. The fourth-order valence-corrected chi connectivity index (χ4v) is 4.69. The van der Waals surface area contributed by atoms with Crippen LogP contribution in [0.4, 0.5) is 0 Å². The lowest BCUT2D eigenvalue weighted by atomic mass is 9.90. The van der Waals surface area contributed by atoms with E-state index in [9.17, 15) is 8.42 Å². The first-order valence-electron chi connectivity index (χ1n) is 4.57. The van der Waals surface area contributed by atoms with E-state index in [1.165, 1.54) is 0 Å². The van der Waals surface area contributed by atoms with Crippen LogP contribution in [0, 0.1) is 5.92 Å². The lowest BCUT2D eigenvalue weighted by Gasteiger charge is -2.44. The highest BCUT2D eigenvalue weighted by molar-refractivity contribution is 7.93. The molecule has 0 saturated carbocycles. The van der Waals surface area contributed by atoms with E-state index in [0.29, 0.717) is 11.7 Å². The van der Waals surface area contributed by atoms with Crippen LogP contribution in [-0.2, 0) is 9.84 Å². The highest BCUT2D eigenvalue weighted by Crippen LogP contribution is 2.38. The Morgan fingerprint density at radius 3 is 2.54 bits per heavy atom. The molecule has 3 atom stereocenters. The third-order valence-corrected chi connectivity index (χ3v) is 5.42. The van der Waals surface area contributed by atoms with Crippen LogP contribution in [0.5, 0.6) is 0 Å². The maximum Gasteiger partial charge on any atom is 0.155 e. The van der Waals surface area contributed by atoms with Gasteiger partial charge in [-0.15, -0.1) is 0 Å². The summed E-state index contributed by atoms with van der Waals surface area (Å²) in [5.41, 5.74) is 0. The largest absolute Gasteiger partial charge is 0.302 e. The van der Waals surface area contributed by atoms with E-state index >= 15 is 0 Å². The summed E-state index contributed by atoms with van der Waals surface area (Å²) in [5.74, 6) is 0.772. The Kier molecular flexibility index (Phi) is 2.00. The van der Waals surface area contributed by atoms with Crippen molar-refractivity contribution in [1.82, 2.24) is 4.90 Å². The highest BCUT2D eigenvalue weighted by Gasteiger charge is 2.50. The molecular weight excluding hydrogens is 186 g/mol. The van der Waals surface area contributed by atoms with Crippen LogP contribution in [-0.4, -0.2) is 44.5 Å². The smallest absolute Gasteiger partial charge is 0.155 e. The van der Waals surface area contributed by atoms with Gasteiger partial charge in [0.05, 0.1) is 11.0 Å². The summed E-state index contributed by atoms with van der Waals surface area (Å²) in [7, 11) is 1.10. The van der Waals surface area contributed by atoms with Crippen molar-refractivity contribution in [3.8, 4) is 0 Å². The molecule has 0 aromatic carbocycles. The lowest BCUT2D eigenvalue weighted by molar-refractivity contribution is 0.268. The molecule has 1 fully saturated rings. The third kappa shape index (κ3) is 1.32. The van der Waals surface area contributed by atoms with Crippen molar-refractivity contribution >= 4 is 9.84 Å². The van der Waals surface area contributed by atoms with Crippen LogP contribution < -0.4 is 0 Å². The Balaban J connectivity index is 2.28. The van der Waals surface area contributed by atoms with Crippen LogP contribution in [0.15, 0.2) is 12.2 Å². The Bertz CT molecular complexity index is 332. The van der Waals surface area contributed by atoms with Gasteiger partial charge in [0.15, 0.2) is 9.84 Å². The van der Waals surface area contributed by atoms with Crippen molar-refractivity contribution in [1.29, 1.82) is 0 Å². The Morgan fingerprint density at radius 2 is 2.08 bits per heavy atom. The summed E-state index contributed by atoms with van der Waals surface area (Å²) in [6.07, 6.45) is 5.08. The van der Waals surface area contributed by atoms with Gasteiger partial charge in [-0.05, 0) is 26.4 Å². The number of allylic oxidation sites excluding steroid dienone is 1. The topological polar surface area (TPSA) is 37.4 Å². The third-order valence-electron chi connectivity index (χ3n) is 3.03. The second-order valence-electron chi connectivity index (χ2n) is 4.17. The fraction of sp³-hybridized carbons (Fsp3) is 0.778. The summed E-state index contributed by atoms with van der Waals surface area (Å²) in [6.45, 7) is 0. The molecule has 0 aromatic rings. The van der Waals surface area contributed by atoms with Gasteiger partial charge in [-0.1, -0.05) is 12.2 Å². The van der Waals surface area contributed by atoms with E-state index in [1.54, 1.807) is 0 Å². The zero-order chi connectivity index (χ0) is 9.64. The fourth-order valence-electron chi connectivity index (χ4n) is 2.34. The molecule has 74 valence electrons. The minimum atomic E-state index is -2.77. The SMILES string of the molecule is CN(C)C1C=CCC2CS(=O)(=O)C21. The van der Waals surface area contributed by atoms with Crippen LogP contribution >= 0.6 is 0 Å². The average Bonchev–Trinajstić information content (AvgIpc) is 2.01. The van der Waals surface area contributed by atoms with Gasteiger partial charge in [-0.25, -0.2) is 8.42 Å². The molecule has 4 heteroatoms. The van der Waals surface area contributed by atoms with E-state index in [0.717, 1.165) is 6.42 Å². The van der Waals surface area contributed by atoms with E-state index in [2.05, 4.69) is 6.08 Å². The minimum Gasteiger partial charge on any atom is -0.302 e. The average molecular weight is 201 g/mol. The molecule has 0 bridgehead atoms. The summed E-state index contributed by atoms with van der Waals surface area (Å²) < 4.78 is 23.0. The van der Waals surface area contributed by atoms with Crippen molar-refractivity contribution in [3.05, 3.63) is 12.2 Å². The maximum absolute atomic E-state index is 11.5. The van der Waals surface area contributed by atoms with Crippen molar-refractivity contribution < 1.29 is 8.42 Å². The molecule has 0 N–H and O–H groups in total. The lowest BCUT2D eigenvalue weighted by Crippen LogP contribution is -2.58. The molecule has 1 heterocycles. The summed E-state index contributed by atoms with van der Waals surface area (Å²) >= 11 is 0. The molecule has 2 aliphatic rings. The Morgan fingerprint density at radius 1 is 1.38 bits per heavy atom. The summed E-state index contributed by atoms with van der Waals surface area (Å²) in [6, 6.07) is 0.0949. The van der Waals surface area contributed by atoms with Gasteiger partial charge in [-0.3, -0.25) is 0 Å². The summed E-state index contributed by atoms with van der Waals surface area (Å²) in [4.78, 5) is 1.99. The molecule has 0 aromatic heterocycles. The van der Waals surface area contributed by atoms with Crippen molar-refractivity contribution in [2.24, 2.45) is 5.92 Å². The molecule has 13 heavy (non-hydrogen) atoms. The van der Waals surface area contributed by atoms with Gasteiger partial charge in [-0.2, -0.15) is 0 Å². The van der Waals surface area contributed by atoms with Crippen molar-refractivity contribution in [2.75, 3.05) is 19.8 Å². The number of likely N-dealkylation sites (N-methyl/N-ethyl adjacent to an activating group) is 1. The number of hydrogen-bond donors (Lipinski definition) is 0. The highest BCUT2D eigenvalue weighted by atomic mass is 32.2. The van der Waals surface area contributed by atoms with Crippen LogP contribution in [0.1, 0.15) is 6.42 Å². The van der Waals surface area contributed by atoms with Gasteiger partial charge < -0.3 is 4.90 Å². The van der Waals surface area contributed by atoms with E-state index in [4.69, 9.17) is 0 Å². The predicted molar refractivity (Wildman–Crippen MR) is 52.3 cm³/mol. The number of sulfone groups is 1. The van der Waals surface area contributed by atoms with Crippen molar-refractivity contribution in [2.45, 2.75) is 17.7 Å². The molecule has 3 nitrogen and oxygen atoms in total. The van der Waals surface area contributed by atoms with Gasteiger partial charge in [0, 0.05) is 6.04 Å². The molecular formula is C9H15NO2S. The number of hydrogen-bond acceptors (Lipinski definition) is 3. The standard InChI is InChI=1S/C9H15NO2S/c1-10(2)8-5-3-4-7-6-13(11,12)9(7)8/h3,5,7-9H,4,6H2,1-2H3. The second-order valence-corrected chi connectivity index (χ2v) is 6.38. The van der Waals surface area contributed by atoms with Crippen LogP contribution in [0.25, 0.3) is 0 Å². The molecule has 0 amide bonds. The van der Waals surface area contributed by atoms with E-state index in [1.807, 2.05) is 25.1 Å². The molecule has 0 spiro atoms. The molecule has 2 rings (SSSR count). The number of fused-ring (bicyclic) bond motifs is 1. The normalized spacial score (nSPS) is 41.3. The van der Waals surface area contributed by atoms with Gasteiger partial charge >= 0.3 is 0 Å².